The molecule has 0 aliphatic heterocycles. The first-order valence-corrected chi connectivity index (χ1v) is 7.32. The van der Waals surface area contributed by atoms with Gasteiger partial charge in [-0.2, -0.15) is 0 Å². The van der Waals surface area contributed by atoms with Gasteiger partial charge in [-0.25, -0.2) is 0 Å². The highest BCUT2D eigenvalue weighted by atomic mass is 16.3. The predicted octanol–water partition coefficient (Wildman–Crippen LogP) is 3.76. The largest absolute Gasteiger partial charge is 0.392 e. The molecular weight excluding hydrogens is 236 g/mol. The van der Waals surface area contributed by atoms with Crippen molar-refractivity contribution in [1.29, 1.82) is 0 Å². The lowest BCUT2D eigenvalue weighted by Gasteiger charge is -2.24. The molecule has 0 aromatic carbocycles. The first-order valence-electron chi connectivity index (χ1n) is 7.32. The lowest BCUT2D eigenvalue weighted by molar-refractivity contribution is 0.105. The molecule has 2 nitrogen and oxygen atoms in total. The Morgan fingerprint density at radius 1 is 1.16 bits per heavy atom. The summed E-state index contributed by atoms with van der Waals surface area (Å²) in [5.41, 5.74) is 3.53. The van der Waals surface area contributed by atoms with Gasteiger partial charge < -0.3 is 10.2 Å². The van der Waals surface area contributed by atoms with Crippen molar-refractivity contribution in [1.82, 2.24) is 0 Å². The number of hydrogen-bond donors (Lipinski definition) is 2. The molecule has 1 aliphatic rings. The summed E-state index contributed by atoms with van der Waals surface area (Å²) in [4.78, 5) is 0. The summed E-state index contributed by atoms with van der Waals surface area (Å²) in [5.74, 6) is 0.0153. The Kier molecular flexibility index (Phi) is 7.11. The van der Waals surface area contributed by atoms with E-state index >= 15 is 0 Å². The number of aliphatic hydroxyl groups is 2. The van der Waals surface area contributed by atoms with Crippen molar-refractivity contribution < 1.29 is 10.2 Å². The first-order chi connectivity index (χ1) is 9.04. The molecule has 19 heavy (non-hydrogen) atoms. The zero-order valence-electron chi connectivity index (χ0n) is 12.4. The predicted molar refractivity (Wildman–Crippen MR) is 80.9 cm³/mol. The summed E-state index contributed by atoms with van der Waals surface area (Å²) in [7, 11) is 0. The average Bonchev–Trinajstić information content (AvgIpc) is 2.37. The van der Waals surface area contributed by atoms with Crippen LogP contribution in [-0.2, 0) is 0 Å². The second-order valence-electron chi connectivity index (χ2n) is 5.75. The van der Waals surface area contributed by atoms with E-state index in [4.69, 9.17) is 0 Å². The van der Waals surface area contributed by atoms with Crippen LogP contribution in [0.5, 0.6) is 0 Å². The topological polar surface area (TPSA) is 40.5 Å². The van der Waals surface area contributed by atoms with Crippen molar-refractivity contribution >= 4 is 0 Å². The van der Waals surface area contributed by atoms with Crippen LogP contribution in [0.25, 0.3) is 0 Å². The maximum Gasteiger partial charge on any atom is 0.0642 e. The number of aliphatic hydroxyl groups excluding tert-OH is 2. The summed E-state index contributed by atoms with van der Waals surface area (Å²) in [6.45, 7) is 8.19. The second-order valence-corrected chi connectivity index (χ2v) is 5.75. The van der Waals surface area contributed by atoms with E-state index in [9.17, 15) is 10.2 Å². The fourth-order valence-electron chi connectivity index (χ4n) is 2.62. The monoisotopic (exact) mass is 264 g/mol. The van der Waals surface area contributed by atoms with Crippen LogP contribution in [0.2, 0.25) is 0 Å². The zero-order valence-corrected chi connectivity index (χ0v) is 12.4. The normalized spacial score (nSPS) is 32.2. The summed E-state index contributed by atoms with van der Waals surface area (Å²) in [6.07, 6.45) is 9.86. The molecule has 0 saturated heterocycles. The molecule has 0 fully saturated rings. The third-order valence-electron chi connectivity index (χ3n) is 4.03. The second kappa shape index (κ2) is 8.34. The van der Waals surface area contributed by atoms with Gasteiger partial charge in [0.15, 0.2) is 0 Å². The zero-order chi connectivity index (χ0) is 14.3. The van der Waals surface area contributed by atoms with E-state index in [0.717, 1.165) is 44.1 Å². The molecule has 1 rings (SSSR count). The fraction of sp³-hybridized carbons (Fsp3) is 0.647. The maximum atomic E-state index is 10.3. The van der Waals surface area contributed by atoms with E-state index in [2.05, 4.69) is 32.6 Å². The summed E-state index contributed by atoms with van der Waals surface area (Å²) >= 11 is 0. The summed E-state index contributed by atoms with van der Waals surface area (Å²) < 4.78 is 0. The highest BCUT2D eigenvalue weighted by Gasteiger charge is 2.21. The van der Waals surface area contributed by atoms with E-state index in [0.29, 0.717) is 0 Å². The van der Waals surface area contributed by atoms with Crippen LogP contribution in [0.1, 0.15) is 52.4 Å². The first kappa shape index (κ1) is 16.2. The number of hydrogen-bond acceptors (Lipinski definition) is 2. The summed E-state index contributed by atoms with van der Waals surface area (Å²) in [5, 5.41) is 19.6. The number of rotatable bonds is 2. The fourth-order valence-corrected chi connectivity index (χ4v) is 2.62. The molecule has 0 bridgehead atoms. The van der Waals surface area contributed by atoms with Crippen LogP contribution in [-0.4, -0.2) is 22.9 Å². The van der Waals surface area contributed by atoms with Crippen molar-refractivity contribution in [3.05, 3.63) is 35.5 Å². The van der Waals surface area contributed by atoms with Crippen molar-refractivity contribution in [3.8, 4) is 0 Å². The molecule has 0 heterocycles. The molecule has 0 spiro atoms. The molecule has 2 unspecified atom stereocenters. The molecule has 0 radical (unpaired) electrons. The highest BCUT2D eigenvalue weighted by Crippen LogP contribution is 2.26. The van der Waals surface area contributed by atoms with E-state index in [-0.39, 0.29) is 12.5 Å². The van der Waals surface area contributed by atoms with E-state index in [1.807, 2.05) is 0 Å². The molecule has 1 aliphatic carbocycles. The lowest BCUT2D eigenvalue weighted by atomic mass is 9.86. The van der Waals surface area contributed by atoms with Gasteiger partial charge in [-0.3, -0.25) is 0 Å². The minimum Gasteiger partial charge on any atom is -0.392 e. The van der Waals surface area contributed by atoms with Crippen LogP contribution in [0, 0.1) is 5.92 Å². The van der Waals surface area contributed by atoms with Gasteiger partial charge >= 0.3 is 0 Å². The van der Waals surface area contributed by atoms with Crippen LogP contribution in [0.4, 0.5) is 0 Å². The number of allylic oxidation sites excluding steroid dienone is 4. The minimum absolute atomic E-state index is 0.0153. The molecule has 0 aromatic heterocycles. The average molecular weight is 264 g/mol. The van der Waals surface area contributed by atoms with Crippen LogP contribution in [0.3, 0.4) is 0 Å². The molecule has 2 atom stereocenters. The van der Waals surface area contributed by atoms with Gasteiger partial charge in [0, 0.05) is 5.92 Å². The Bertz CT molecular complexity index is 352. The van der Waals surface area contributed by atoms with Crippen LogP contribution >= 0.6 is 0 Å². The van der Waals surface area contributed by atoms with E-state index in [1.54, 1.807) is 0 Å². The van der Waals surface area contributed by atoms with Gasteiger partial charge in [0.25, 0.3) is 0 Å². The quantitative estimate of drug-likeness (QED) is 0.746. The molecule has 0 amide bonds. The van der Waals surface area contributed by atoms with Crippen LogP contribution < -0.4 is 0 Å². The van der Waals surface area contributed by atoms with Gasteiger partial charge in [0.2, 0.25) is 0 Å². The SMILES string of the molecule is C=C(CO)C1CC/C(C)=C\CC/C(C)=C\CCC1O. The maximum absolute atomic E-state index is 10.3. The van der Waals surface area contributed by atoms with E-state index < -0.39 is 6.10 Å². The smallest absolute Gasteiger partial charge is 0.0642 e. The van der Waals surface area contributed by atoms with Crippen molar-refractivity contribution in [2.24, 2.45) is 5.92 Å². The molecule has 2 heteroatoms. The van der Waals surface area contributed by atoms with Gasteiger partial charge in [-0.05, 0) is 57.9 Å². The van der Waals surface area contributed by atoms with Crippen molar-refractivity contribution in [2.75, 3.05) is 6.61 Å². The third-order valence-corrected chi connectivity index (χ3v) is 4.03. The van der Waals surface area contributed by atoms with Gasteiger partial charge in [-0.1, -0.05) is 29.9 Å². The Labute approximate surface area is 117 Å². The Balaban J connectivity index is 2.78. The highest BCUT2D eigenvalue weighted by molar-refractivity contribution is 5.09. The van der Waals surface area contributed by atoms with E-state index in [1.165, 1.54) is 11.1 Å². The molecule has 108 valence electrons. The lowest BCUT2D eigenvalue weighted by Crippen LogP contribution is -2.23. The molecule has 0 saturated carbocycles. The van der Waals surface area contributed by atoms with Crippen molar-refractivity contribution in [3.63, 3.8) is 0 Å². The molecule has 0 aromatic rings. The standard InChI is InChI=1S/C17H28O2/c1-13-6-4-7-14(2)10-11-16(15(3)12-18)17(19)9-5-8-13/h7-8,16-19H,3-6,9-12H2,1-2H3/b13-8-,14-7-. The van der Waals surface area contributed by atoms with Gasteiger partial charge in [-0.15, -0.1) is 0 Å². The van der Waals surface area contributed by atoms with Gasteiger partial charge in [0.1, 0.15) is 0 Å². The molecule has 2 N–H and O–H groups in total. The summed E-state index contributed by atoms with van der Waals surface area (Å²) in [6, 6.07) is 0. The van der Waals surface area contributed by atoms with Crippen LogP contribution in [0.15, 0.2) is 35.5 Å². The molecular formula is C17H28O2. The Hall–Kier alpha value is -0.860. The minimum atomic E-state index is -0.393. The van der Waals surface area contributed by atoms with Crippen molar-refractivity contribution in [2.45, 2.75) is 58.5 Å². The van der Waals surface area contributed by atoms with Gasteiger partial charge in [0.05, 0.1) is 12.7 Å². The third kappa shape index (κ3) is 5.75. The Morgan fingerprint density at radius 3 is 2.47 bits per heavy atom. The Morgan fingerprint density at radius 2 is 1.79 bits per heavy atom.